The molecule has 0 bridgehead atoms. The fourth-order valence-corrected chi connectivity index (χ4v) is 1.53. The van der Waals surface area contributed by atoms with Gasteiger partial charge in [-0.25, -0.2) is 4.98 Å². The van der Waals surface area contributed by atoms with E-state index in [0.29, 0.717) is 41.7 Å². The van der Waals surface area contributed by atoms with Gasteiger partial charge in [0.15, 0.2) is 5.82 Å². The topological polar surface area (TPSA) is 73.1 Å². The number of anilines is 2. The zero-order valence-electron chi connectivity index (χ0n) is 12.7. The van der Waals surface area contributed by atoms with Crippen LogP contribution in [0.2, 0.25) is 0 Å². The van der Waals surface area contributed by atoms with Crippen molar-refractivity contribution in [3.8, 4) is 5.88 Å². The molecule has 0 unspecified atom stereocenters. The second kappa shape index (κ2) is 7.16. The molecule has 5 nitrogen and oxygen atoms in total. The van der Waals surface area contributed by atoms with Crippen LogP contribution < -0.4 is 15.8 Å². The maximum absolute atomic E-state index is 6.04. The molecule has 1 heterocycles. The van der Waals surface area contributed by atoms with Gasteiger partial charge in [0, 0.05) is 6.54 Å². The summed E-state index contributed by atoms with van der Waals surface area (Å²) in [4.78, 5) is 8.58. The first-order valence-corrected chi connectivity index (χ1v) is 6.91. The highest BCUT2D eigenvalue weighted by Gasteiger charge is 2.11. The van der Waals surface area contributed by atoms with Crippen LogP contribution in [-0.2, 0) is 0 Å². The van der Waals surface area contributed by atoms with Crippen molar-refractivity contribution in [2.75, 3.05) is 24.2 Å². The molecule has 0 saturated heterocycles. The molecule has 1 rings (SSSR count). The number of aryl methyl sites for hydroxylation is 1. The summed E-state index contributed by atoms with van der Waals surface area (Å²) in [7, 11) is 0. The lowest BCUT2D eigenvalue weighted by Crippen LogP contribution is -2.13. The van der Waals surface area contributed by atoms with Crippen LogP contribution >= 0.6 is 0 Å². The van der Waals surface area contributed by atoms with Gasteiger partial charge >= 0.3 is 0 Å². The number of nitrogens with one attached hydrogen (secondary N) is 1. The Balaban J connectivity index is 2.75. The first-order chi connectivity index (χ1) is 8.90. The quantitative estimate of drug-likeness (QED) is 0.794. The Labute approximate surface area is 116 Å². The highest BCUT2D eigenvalue weighted by atomic mass is 16.5. The van der Waals surface area contributed by atoms with E-state index in [1.54, 1.807) is 0 Å². The van der Waals surface area contributed by atoms with Gasteiger partial charge < -0.3 is 15.8 Å². The SMILES string of the molecule is Cc1nc(NCCC(C)C)c(N)c(OCC(C)C)n1. The second-order valence-corrected chi connectivity index (χ2v) is 5.65. The zero-order chi connectivity index (χ0) is 14.4. The third kappa shape index (κ3) is 5.32. The van der Waals surface area contributed by atoms with E-state index in [1.165, 1.54) is 0 Å². The maximum Gasteiger partial charge on any atom is 0.242 e. The molecular formula is C14H26N4O. The number of ether oxygens (including phenoxy) is 1. The summed E-state index contributed by atoms with van der Waals surface area (Å²) in [5, 5.41) is 3.26. The van der Waals surface area contributed by atoms with Gasteiger partial charge in [0.1, 0.15) is 11.5 Å². The molecule has 0 amide bonds. The molecule has 5 heteroatoms. The fourth-order valence-electron chi connectivity index (χ4n) is 1.53. The van der Waals surface area contributed by atoms with Crippen LogP contribution in [-0.4, -0.2) is 23.1 Å². The Morgan fingerprint density at radius 1 is 1.16 bits per heavy atom. The molecule has 0 radical (unpaired) electrons. The Morgan fingerprint density at radius 3 is 2.42 bits per heavy atom. The van der Waals surface area contributed by atoms with E-state index in [1.807, 2.05) is 6.92 Å². The van der Waals surface area contributed by atoms with E-state index >= 15 is 0 Å². The van der Waals surface area contributed by atoms with Crippen LogP contribution in [0.15, 0.2) is 0 Å². The fraction of sp³-hybridized carbons (Fsp3) is 0.714. The van der Waals surface area contributed by atoms with E-state index < -0.39 is 0 Å². The minimum atomic E-state index is 0.437. The molecule has 0 spiro atoms. The summed E-state index contributed by atoms with van der Waals surface area (Å²) in [6.45, 7) is 11.8. The summed E-state index contributed by atoms with van der Waals surface area (Å²) >= 11 is 0. The van der Waals surface area contributed by atoms with Crippen molar-refractivity contribution < 1.29 is 4.74 Å². The van der Waals surface area contributed by atoms with Gasteiger partial charge in [0.25, 0.3) is 0 Å². The molecule has 19 heavy (non-hydrogen) atoms. The van der Waals surface area contributed by atoms with Crippen molar-refractivity contribution in [3.05, 3.63) is 5.82 Å². The molecular weight excluding hydrogens is 240 g/mol. The monoisotopic (exact) mass is 266 g/mol. The van der Waals surface area contributed by atoms with Gasteiger partial charge in [0.2, 0.25) is 5.88 Å². The number of hydrogen-bond acceptors (Lipinski definition) is 5. The van der Waals surface area contributed by atoms with Crippen molar-refractivity contribution >= 4 is 11.5 Å². The average molecular weight is 266 g/mol. The lowest BCUT2D eigenvalue weighted by Gasteiger charge is -2.14. The van der Waals surface area contributed by atoms with Gasteiger partial charge in [0.05, 0.1) is 6.61 Å². The van der Waals surface area contributed by atoms with Gasteiger partial charge in [-0.15, -0.1) is 0 Å². The summed E-state index contributed by atoms with van der Waals surface area (Å²) in [6, 6.07) is 0. The Hall–Kier alpha value is -1.52. The van der Waals surface area contributed by atoms with E-state index in [-0.39, 0.29) is 0 Å². The van der Waals surface area contributed by atoms with Crippen LogP contribution in [0.25, 0.3) is 0 Å². The Bertz CT molecular complexity index is 405. The number of aromatic nitrogens is 2. The van der Waals surface area contributed by atoms with Gasteiger partial charge in [-0.2, -0.15) is 4.98 Å². The summed E-state index contributed by atoms with van der Waals surface area (Å²) in [5.74, 6) is 2.90. The third-order valence-electron chi connectivity index (χ3n) is 2.59. The van der Waals surface area contributed by atoms with E-state index in [2.05, 4.69) is 43.0 Å². The largest absolute Gasteiger partial charge is 0.476 e. The van der Waals surface area contributed by atoms with E-state index in [4.69, 9.17) is 10.5 Å². The highest BCUT2D eigenvalue weighted by molar-refractivity contribution is 5.66. The standard InChI is InChI=1S/C14H26N4O/c1-9(2)6-7-16-13-12(15)14(18-11(5)17-13)19-8-10(3)4/h9-10H,6-8,15H2,1-5H3,(H,16,17,18). The second-order valence-electron chi connectivity index (χ2n) is 5.65. The van der Waals surface area contributed by atoms with Crippen LogP contribution in [0.3, 0.4) is 0 Å². The molecule has 108 valence electrons. The minimum absolute atomic E-state index is 0.437. The molecule has 3 N–H and O–H groups in total. The van der Waals surface area contributed by atoms with Crippen molar-refractivity contribution in [2.45, 2.75) is 41.0 Å². The Morgan fingerprint density at radius 2 is 1.84 bits per heavy atom. The van der Waals surface area contributed by atoms with Gasteiger partial charge in [-0.1, -0.05) is 27.7 Å². The number of nitrogens with zero attached hydrogens (tertiary/aromatic N) is 2. The first-order valence-electron chi connectivity index (χ1n) is 6.91. The molecule has 0 aliphatic carbocycles. The van der Waals surface area contributed by atoms with Crippen molar-refractivity contribution in [3.63, 3.8) is 0 Å². The molecule has 0 aliphatic heterocycles. The van der Waals surface area contributed by atoms with Crippen molar-refractivity contribution in [1.82, 2.24) is 9.97 Å². The maximum atomic E-state index is 6.04. The van der Waals surface area contributed by atoms with Crippen LogP contribution in [0.1, 0.15) is 39.9 Å². The van der Waals surface area contributed by atoms with Crippen LogP contribution in [0.5, 0.6) is 5.88 Å². The molecule has 0 fully saturated rings. The lowest BCUT2D eigenvalue weighted by molar-refractivity contribution is 0.262. The normalized spacial score (nSPS) is 11.1. The van der Waals surface area contributed by atoms with Crippen molar-refractivity contribution in [1.29, 1.82) is 0 Å². The van der Waals surface area contributed by atoms with Crippen molar-refractivity contribution in [2.24, 2.45) is 11.8 Å². The van der Waals surface area contributed by atoms with Gasteiger partial charge in [-0.3, -0.25) is 0 Å². The Kier molecular flexibility index (Phi) is 5.86. The summed E-state index contributed by atoms with van der Waals surface area (Å²) in [5.41, 5.74) is 6.54. The molecule has 1 aromatic heterocycles. The lowest BCUT2D eigenvalue weighted by atomic mass is 10.1. The first kappa shape index (κ1) is 15.5. The minimum Gasteiger partial charge on any atom is -0.476 e. The predicted molar refractivity (Wildman–Crippen MR) is 79.5 cm³/mol. The summed E-state index contributed by atoms with van der Waals surface area (Å²) < 4.78 is 5.63. The zero-order valence-corrected chi connectivity index (χ0v) is 12.7. The van der Waals surface area contributed by atoms with Crippen LogP contribution in [0, 0.1) is 18.8 Å². The molecule has 0 aliphatic rings. The molecule has 1 aromatic rings. The third-order valence-corrected chi connectivity index (χ3v) is 2.59. The molecule has 0 aromatic carbocycles. The average Bonchev–Trinajstić information content (AvgIpc) is 2.30. The van der Waals surface area contributed by atoms with E-state index in [9.17, 15) is 0 Å². The molecule has 0 saturated carbocycles. The van der Waals surface area contributed by atoms with Gasteiger partial charge in [-0.05, 0) is 25.2 Å². The predicted octanol–water partition coefficient (Wildman–Crippen LogP) is 2.86. The number of nitrogen functional groups attached to an aromatic ring is 1. The number of hydrogen-bond donors (Lipinski definition) is 2. The highest BCUT2D eigenvalue weighted by Crippen LogP contribution is 2.26. The van der Waals surface area contributed by atoms with E-state index in [0.717, 1.165) is 13.0 Å². The van der Waals surface area contributed by atoms with Crippen LogP contribution in [0.4, 0.5) is 11.5 Å². The summed E-state index contributed by atoms with van der Waals surface area (Å²) in [6.07, 6.45) is 1.07. The number of nitrogens with two attached hydrogens (primary N) is 1. The molecule has 0 atom stereocenters. The number of rotatable bonds is 7. The smallest absolute Gasteiger partial charge is 0.242 e.